The zero-order valence-electron chi connectivity index (χ0n) is 10.1. The van der Waals surface area contributed by atoms with Gasteiger partial charge in [-0.3, -0.25) is 0 Å². The first-order valence-electron chi connectivity index (χ1n) is 5.67. The Hall–Kier alpha value is -1.96. The highest BCUT2D eigenvalue weighted by atomic mass is 19.4. The van der Waals surface area contributed by atoms with Gasteiger partial charge in [0.2, 0.25) is 0 Å². The average Bonchev–Trinajstić information content (AvgIpc) is 2.81. The summed E-state index contributed by atoms with van der Waals surface area (Å²) in [6.45, 7) is 2.50. The molecule has 0 radical (unpaired) electrons. The van der Waals surface area contributed by atoms with E-state index in [1.165, 1.54) is 24.5 Å². The van der Waals surface area contributed by atoms with Crippen molar-refractivity contribution in [3.05, 3.63) is 35.8 Å². The maximum atomic E-state index is 13.1. The molecule has 8 heteroatoms. The average molecular weight is 271 g/mol. The lowest BCUT2D eigenvalue weighted by molar-refractivity contribution is -0.143. The van der Waals surface area contributed by atoms with Gasteiger partial charge in [-0.2, -0.15) is 23.4 Å². The third kappa shape index (κ3) is 2.90. The number of nitrogens with one attached hydrogen (secondary N) is 1. The molecule has 0 amide bonds. The molecule has 19 heavy (non-hydrogen) atoms. The highest BCUT2D eigenvalue weighted by molar-refractivity contribution is 5.29. The van der Waals surface area contributed by atoms with Crippen LogP contribution >= 0.6 is 0 Å². The molecule has 102 valence electrons. The van der Waals surface area contributed by atoms with E-state index >= 15 is 0 Å². The summed E-state index contributed by atoms with van der Waals surface area (Å²) >= 11 is 0. The van der Waals surface area contributed by atoms with Crippen molar-refractivity contribution in [2.45, 2.75) is 19.6 Å². The fourth-order valence-electron chi connectivity index (χ4n) is 1.65. The van der Waals surface area contributed by atoms with Crippen molar-refractivity contribution in [3.63, 3.8) is 0 Å². The minimum atomic E-state index is -4.50. The number of hydrogen-bond acceptors (Lipinski definition) is 4. The van der Waals surface area contributed by atoms with E-state index in [1.807, 2.05) is 6.92 Å². The van der Waals surface area contributed by atoms with Crippen molar-refractivity contribution >= 4 is 0 Å². The Balaban J connectivity index is 2.47. The first kappa shape index (κ1) is 13.5. The van der Waals surface area contributed by atoms with E-state index in [9.17, 15) is 13.2 Å². The van der Waals surface area contributed by atoms with Gasteiger partial charge in [0.1, 0.15) is 0 Å². The van der Waals surface area contributed by atoms with E-state index < -0.39 is 11.9 Å². The zero-order chi connectivity index (χ0) is 13.9. The van der Waals surface area contributed by atoms with Crippen molar-refractivity contribution in [1.82, 2.24) is 25.3 Å². The number of aromatic nitrogens is 4. The maximum Gasteiger partial charge on any atom is 0.433 e. The summed E-state index contributed by atoms with van der Waals surface area (Å²) in [5, 5.41) is 13.8. The van der Waals surface area contributed by atoms with E-state index in [4.69, 9.17) is 0 Å². The minimum Gasteiger partial charge on any atom is -0.313 e. The van der Waals surface area contributed by atoms with Gasteiger partial charge >= 0.3 is 6.18 Å². The highest BCUT2D eigenvalue weighted by Crippen LogP contribution is 2.33. The second kappa shape index (κ2) is 5.35. The SMILES string of the molecule is CCNCc1cnn(-c2cccnn2)c1C(F)(F)F. The Morgan fingerprint density at radius 3 is 2.74 bits per heavy atom. The molecule has 0 fully saturated rings. The van der Waals surface area contributed by atoms with Crippen LogP contribution in [-0.4, -0.2) is 26.5 Å². The molecule has 0 aliphatic carbocycles. The molecule has 2 aromatic heterocycles. The van der Waals surface area contributed by atoms with E-state index in [0.717, 1.165) is 4.68 Å². The maximum absolute atomic E-state index is 13.1. The molecule has 2 rings (SSSR count). The smallest absolute Gasteiger partial charge is 0.313 e. The second-order valence-electron chi connectivity index (χ2n) is 3.79. The molecule has 0 unspecified atom stereocenters. The van der Waals surface area contributed by atoms with Crippen LogP contribution < -0.4 is 5.32 Å². The Morgan fingerprint density at radius 2 is 2.16 bits per heavy atom. The lowest BCUT2D eigenvalue weighted by Gasteiger charge is -2.11. The van der Waals surface area contributed by atoms with Gasteiger partial charge < -0.3 is 5.32 Å². The van der Waals surface area contributed by atoms with Crippen molar-refractivity contribution in [2.75, 3.05) is 6.54 Å². The number of rotatable bonds is 4. The summed E-state index contributed by atoms with van der Waals surface area (Å²) in [4.78, 5) is 0. The standard InChI is InChI=1S/C11H12F3N5/c1-2-15-6-8-7-17-19(10(8)11(12,13)14)9-4-3-5-16-18-9/h3-5,7,15H,2,6H2,1H3. The van der Waals surface area contributed by atoms with Gasteiger partial charge in [-0.05, 0) is 18.7 Å². The van der Waals surface area contributed by atoms with Crippen LogP contribution in [0.4, 0.5) is 13.2 Å². The first-order chi connectivity index (χ1) is 9.04. The molecule has 0 bridgehead atoms. The molecule has 0 aliphatic heterocycles. The number of halogens is 3. The molecule has 0 spiro atoms. The molecule has 5 nitrogen and oxygen atoms in total. The van der Waals surface area contributed by atoms with Gasteiger partial charge in [0.15, 0.2) is 11.5 Å². The predicted molar refractivity (Wildman–Crippen MR) is 61.5 cm³/mol. The van der Waals surface area contributed by atoms with Crippen LogP contribution in [0.5, 0.6) is 0 Å². The van der Waals surface area contributed by atoms with Gasteiger partial charge in [0, 0.05) is 18.3 Å². The summed E-state index contributed by atoms with van der Waals surface area (Å²) in [7, 11) is 0. The fourth-order valence-corrected chi connectivity index (χ4v) is 1.65. The Kier molecular flexibility index (Phi) is 3.79. The summed E-state index contributed by atoms with van der Waals surface area (Å²) < 4.78 is 40.1. The Morgan fingerprint density at radius 1 is 1.37 bits per heavy atom. The molecular weight excluding hydrogens is 259 g/mol. The first-order valence-corrected chi connectivity index (χ1v) is 5.67. The Bertz CT molecular complexity index is 535. The van der Waals surface area contributed by atoms with Crippen molar-refractivity contribution < 1.29 is 13.2 Å². The molecular formula is C11H12F3N5. The molecule has 1 N–H and O–H groups in total. The van der Waals surface area contributed by atoms with E-state index in [2.05, 4.69) is 20.6 Å². The Labute approximate surface area is 107 Å². The van der Waals surface area contributed by atoms with Gasteiger partial charge in [0.25, 0.3) is 0 Å². The van der Waals surface area contributed by atoms with Gasteiger partial charge in [-0.25, -0.2) is 4.68 Å². The van der Waals surface area contributed by atoms with Crippen LogP contribution in [0, 0.1) is 0 Å². The minimum absolute atomic E-state index is 0.0394. The van der Waals surface area contributed by atoms with E-state index in [-0.39, 0.29) is 17.9 Å². The largest absolute Gasteiger partial charge is 0.433 e. The normalized spacial score (nSPS) is 11.8. The third-order valence-corrected chi connectivity index (χ3v) is 2.45. The van der Waals surface area contributed by atoms with Gasteiger partial charge in [0.05, 0.1) is 6.20 Å². The van der Waals surface area contributed by atoms with Crippen LogP contribution in [0.3, 0.4) is 0 Å². The highest BCUT2D eigenvalue weighted by Gasteiger charge is 2.38. The topological polar surface area (TPSA) is 55.6 Å². The summed E-state index contributed by atoms with van der Waals surface area (Å²) in [5.74, 6) is 0.0394. The second-order valence-corrected chi connectivity index (χ2v) is 3.79. The van der Waals surface area contributed by atoms with Crippen LogP contribution in [0.2, 0.25) is 0 Å². The lowest BCUT2D eigenvalue weighted by atomic mass is 10.2. The van der Waals surface area contributed by atoms with E-state index in [0.29, 0.717) is 6.54 Å². The van der Waals surface area contributed by atoms with Crippen LogP contribution in [-0.2, 0) is 12.7 Å². The third-order valence-electron chi connectivity index (χ3n) is 2.45. The number of nitrogens with zero attached hydrogens (tertiary/aromatic N) is 4. The molecule has 0 aliphatic rings. The molecule has 0 saturated carbocycles. The van der Waals surface area contributed by atoms with Crippen LogP contribution in [0.1, 0.15) is 18.2 Å². The van der Waals surface area contributed by atoms with Gasteiger partial charge in [-0.15, -0.1) is 5.10 Å². The number of alkyl halides is 3. The predicted octanol–water partition coefficient (Wildman–Crippen LogP) is 1.79. The molecule has 2 aromatic rings. The van der Waals surface area contributed by atoms with E-state index in [1.54, 1.807) is 0 Å². The zero-order valence-corrected chi connectivity index (χ0v) is 10.1. The van der Waals surface area contributed by atoms with Crippen LogP contribution in [0.25, 0.3) is 5.82 Å². The summed E-state index contributed by atoms with van der Waals surface area (Å²) in [6, 6.07) is 2.93. The monoisotopic (exact) mass is 271 g/mol. The van der Waals surface area contributed by atoms with Crippen LogP contribution in [0.15, 0.2) is 24.5 Å². The summed E-state index contributed by atoms with van der Waals surface area (Å²) in [6.07, 6.45) is -1.92. The lowest BCUT2D eigenvalue weighted by Crippen LogP contribution is -2.19. The van der Waals surface area contributed by atoms with Crippen molar-refractivity contribution in [3.8, 4) is 5.82 Å². The van der Waals surface area contributed by atoms with Crippen molar-refractivity contribution in [1.29, 1.82) is 0 Å². The fraction of sp³-hybridized carbons (Fsp3) is 0.364. The molecule has 0 aromatic carbocycles. The van der Waals surface area contributed by atoms with Gasteiger partial charge in [-0.1, -0.05) is 6.92 Å². The van der Waals surface area contributed by atoms with Crippen molar-refractivity contribution in [2.24, 2.45) is 0 Å². The summed E-state index contributed by atoms with van der Waals surface area (Å²) in [5.41, 5.74) is -0.742. The molecule has 0 atom stereocenters. The quantitative estimate of drug-likeness (QED) is 0.921. The molecule has 0 saturated heterocycles. The molecule has 2 heterocycles. The number of hydrogen-bond donors (Lipinski definition) is 1.